The van der Waals surface area contributed by atoms with Crippen LogP contribution in [0.1, 0.15) is 98.3 Å². The van der Waals surface area contributed by atoms with Crippen molar-refractivity contribution < 1.29 is 0 Å². The van der Waals surface area contributed by atoms with Gasteiger partial charge in [0, 0.05) is 52.5 Å². The average Bonchev–Trinajstić information content (AvgIpc) is 3.99. The average molecular weight is 969 g/mol. The number of anilines is 6. The molecule has 5 heteroatoms. The second kappa shape index (κ2) is 16.4. The molecule has 0 unspecified atom stereocenters. The van der Waals surface area contributed by atoms with Gasteiger partial charge < -0.3 is 9.80 Å². The summed E-state index contributed by atoms with van der Waals surface area (Å²) in [6.07, 6.45) is 3.23. The fraction of sp³-hybridized carbons (Fsp3) is 0.224. The number of fused-ring (bicyclic) bond motifs is 14. The summed E-state index contributed by atoms with van der Waals surface area (Å²) in [6.45, 7) is 21.3. The van der Waals surface area contributed by atoms with Crippen LogP contribution in [0.25, 0.3) is 63.6 Å². The molecule has 0 radical (unpaired) electrons. The molecule has 4 heterocycles. The predicted molar refractivity (Wildman–Crippen MR) is 319 cm³/mol. The first kappa shape index (κ1) is 45.2. The molecule has 2 aliphatic rings. The molecule has 0 aliphatic carbocycles. The molecular formula is C67H61BN2S2. The number of hydrogen-bond acceptors (Lipinski definition) is 4. The van der Waals surface area contributed by atoms with Crippen molar-refractivity contribution in [2.24, 2.45) is 0 Å². The zero-order chi connectivity index (χ0) is 49.4. The maximum absolute atomic E-state index is 2.63. The van der Waals surface area contributed by atoms with E-state index >= 15 is 0 Å². The summed E-state index contributed by atoms with van der Waals surface area (Å²) in [5.41, 5.74) is 15.8. The van der Waals surface area contributed by atoms with Gasteiger partial charge in [-0.05, 0) is 168 Å². The molecule has 9 aromatic carbocycles. The maximum atomic E-state index is 2.63. The van der Waals surface area contributed by atoms with Crippen LogP contribution in [0.3, 0.4) is 0 Å². The normalized spacial score (nSPS) is 13.7. The number of benzene rings is 9. The molecule has 0 bridgehead atoms. The van der Waals surface area contributed by atoms with E-state index in [1.54, 1.807) is 0 Å². The van der Waals surface area contributed by atoms with Crippen LogP contribution in [0.4, 0.5) is 34.1 Å². The molecule has 13 rings (SSSR count). The lowest BCUT2D eigenvalue weighted by Crippen LogP contribution is -2.59. The molecule has 354 valence electrons. The van der Waals surface area contributed by atoms with Crippen molar-refractivity contribution in [2.45, 2.75) is 97.8 Å². The third kappa shape index (κ3) is 6.72. The van der Waals surface area contributed by atoms with Crippen molar-refractivity contribution in [1.29, 1.82) is 0 Å². The van der Waals surface area contributed by atoms with Crippen LogP contribution in [0.5, 0.6) is 0 Å². The third-order valence-corrected chi connectivity index (χ3v) is 20.0. The van der Waals surface area contributed by atoms with E-state index in [9.17, 15) is 0 Å². The zero-order valence-electron chi connectivity index (χ0n) is 43.1. The van der Waals surface area contributed by atoms with E-state index in [0.29, 0.717) is 0 Å². The molecule has 0 N–H and O–H groups in total. The van der Waals surface area contributed by atoms with Crippen molar-refractivity contribution in [3.8, 4) is 11.1 Å². The molecule has 11 aromatic rings. The molecule has 72 heavy (non-hydrogen) atoms. The van der Waals surface area contributed by atoms with Gasteiger partial charge >= 0.3 is 0 Å². The van der Waals surface area contributed by atoms with Gasteiger partial charge in [-0.2, -0.15) is 0 Å². The largest absolute Gasteiger partial charge is 0.310 e. The zero-order valence-corrected chi connectivity index (χ0v) is 44.7. The van der Waals surface area contributed by atoms with E-state index in [1.165, 1.54) is 129 Å². The Hall–Kier alpha value is -6.66. The molecule has 0 saturated heterocycles. The van der Waals surface area contributed by atoms with Crippen molar-refractivity contribution in [3.05, 3.63) is 187 Å². The SMILES string of the molecule is CCC(C)(C)c1ccc(N2c3cccc4c3B(c3sc5ccc(C(C)(C)CC)cc5c3N4c3ccc(-c4ccc5c6ccccc6c6ccccc6c5c4)cc3)c3sc4ccc(C(C)(C)CC)cc4c32)cc1. The molecule has 0 amide bonds. The second-order valence-electron chi connectivity index (χ2n) is 22.5. The monoisotopic (exact) mass is 968 g/mol. The Kier molecular flexibility index (Phi) is 10.3. The summed E-state index contributed by atoms with van der Waals surface area (Å²) >= 11 is 4.01. The van der Waals surface area contributed by atoms with Gasteiger partial charge in [0.25, 0.3) is 6.71 Å². The molecular weight excluding hydrogens is 908 g/mol. The summed E-state index contributed by atoms with van der Waals surface area (Å²) in [6, 6.07) is 65.6. The van der Waals surface area contributed by atoms with Gasteiger partial charge in [-0.15, -0.1) is 22.7 Å². The van der Waals surface area contributed by atoms with Crippen molar-refractivity contribution in [1.82, 2.24) is 0 Å². The molecule has 0 fully saturated rings. The number of nitrogens with zero attached hydrogens (tertiary/aromatic N) is 2. The smallest absolute Gasteiger partial charge is 0.277 e. The first-order valence-corrected chi connectivity index (χ1v) is 27.8. The minimum absolute atomic E-state index is 0.0442. The molecule has 2 aromatic heterocycles. The van der Waals surface area contributed by atoms with Crippen LogP contribution in [0.15, 0.2) is 170 Å². The minimum atomic E-state index is 0.0442. The minimum Gasteiger partial charge on any atom is -0.310 e. The van der Waals surface area contributed by atoms with Gasteiger partial charge in [-0.3, -0.25) is 0 Å². The van der Waals surface area contributed by atoms with Crippen LogP contribution in [0.2, 0.25) is 0 Å². The number of thiophene rings is 2. The quantitative estimate of drug-likeness (QED) is 0.105. The Morgan fingerprint density at radius 1 is 0.375 bits per heavy atom. The van der Waals surface area contributed by atoms with Crippen LogP contribution < -0.4 is 24.8 Å². The first-order valence-electron chi connectivity index (χ1n) is 26.2. The highest BCUT2D eigenvalue weighted by Gasteiger charge is 2.47. The van der Waals surface area contributed by atoms with Gasteiger partial charge in [0.15, 0.2) is 0 Å². The first-order chi connectivity index (χ1) is 34.8. The fourth-order valence-corrected chi connectivity index (χ4v) is 14.5. The highest BCUT2D eigenvalue weighted by molar-refractivity contribution is 7.40. The van der Waals surface area contributed by atoms with E-state index in [0.717, 1.165) is 19.3 Å². The van der Waals surface area contributed by atoms with E-state index in [1.807, 2.05) is 22.7 Å². The summed E-state index contributed by atoms with van der Waals surface area (Å²) < 4.78 is 5.55. The standard InChI is InChI=1S/C67H61BN2S2/c1-10-65(4,5)43-27-33-47(34-28-43)70-57-23-17-22-56-60(57)68(64-62(70)55-40-45(67(8,9)12-3)30-37-59(55)72-64)63-61(54-39-44(66(6,7)11-2)29-36-58(54)71-63)69(56)46-31-24-41(25-32-46)42-26-35-52-50-20-14-13-18-48(50)49-19-15-16-21-51(49)53(52)38-42/h13-40H,10-12H2,1-9H3. The molecule has 2 nitrogen and oxygen atoms in total. The van der Waals surface area contributed by atoms with Crippen LogP contribution in [-0.2, 0) is 16.2 Å². The highest BCUT2D eigenvalue weighted by atomic mass is 32.1. The Bertz CT molecular complexity index is 3950. The fourth-order valence-electron chi connectivity index (χ4n) is 11.9. The van der Waals surface area contributed by atoms with Crippen LogP contribution >= 0.6 is 22.7 Å². The third-order valence-electron chi connectivity index (χ3n) is 17.5. The lowest BCUT2D eigenvalue weighted by atomic mass is 9.39. The summed E-state index contributed by atoms with van der Waals surface area (Å²) in [5.74, 6) is 0. The second-order valence-corrected chi connectivity index (χ2v) is 24.7. The van der Waals surface area contributed by atoms with Crippen LogP contribution in [-0.4, -0.2) is 6.71 Å². The highest BCUT2D eigenvalue weighted by Crippen LogP contribution is 2.52. The van der Waals surface area contributed by atoms with Gasteiger partial charge in [0.2, 0.25) is 0 Å². The summed E-state index contributed by atoms with van der Waals surface area (Å²) in [5, 5.41) is 10.5. The predicted octanol–water partition coefficient (Wildman–Crippen LogP) is 18.4. The van der Waals surface area contributed by atoms with Crippen LogP contribution in [0, 0.1) is 0 Å². The Morgan fingerprint density at radius 2 is 0.778 bits per heavy atom. The Labute approximate surface area is 433 Å². The van der Waals surface area contributed by atoms with E-state index < -0.39 is 0 Å². The van der Waals surface area contributed by atoms with Gasteiger partial charge in [-0.1, -0.05) is 165 Å². The summed E-state index contributed by atoms with van der Waals surface area (Å²) in [4.78, 5) is 5.25. The number of rotatable bonds is 9. The van der Waals surface area contributed by atoms with Crippen molar-refractivity contribution >= 4 is 131 Å². The van der Waals surface area contributed by atoms with Gasteiger partial charge in [0.05, 0.1) is 11.4 Å². The maximum Gasteiger partial charge on any atom is 0.277 e. The lowest BCUT2D eigenvalue weighted by Gasteiger charge is -2.42. The van der Waals surface area contributed by atoms with E-state index in [-0.39, 0.29) is 23.0 Å². The van der Waals surface area contributed by atoms with Crippen molar-refractivity contribution in [2.75, 3.05) is 9.80 Å². The van der Waals surface area contributed by atoms with Crippen molar-refractivity contribution in [3.63, 3.8) is 0 Å². The topological polar surface area (TPSA) is 6.48 Å². The van der Waals surface area contributed by atoms with E-state index in [2.05, 4.69) is 242 Å². The molecule has 0 atom stereocenters. The lowest BCUT2D eigenvalue weighted by molar-refractivity contribution is 0.506. The van der Waals surface area contributed by atoms with E-state index in [4.69, 9.17) is 0 Å². The molecule has 0 saturated carbocycles. The Balaban J connectivity index is 1.04. The summed E-state index contributed by atoms with van der Waals surface area (Å²) in [7, 11) is 0. The van der Waals surface area contributed by atoms with Gasteiger partial charge in [-0.25, -0.2) is 0 Å². The Morgan fingerprint density at radius 3 is 1.25 bits per heavy atom. The molecule has 0 spiro atoms. The number of hydrogen-bond donors (Lipinski definition) is 0. The van der Waals surface area contributed by atoms with Gasteiger partial charge in [0.1, 0.15) is 0 Å². The molecule has 2 aliphatic heterocycles.